The highest BCUT2D eigenvalue weighted by Crippen LogP contribution is 2.27. The Labute approximate surface area is 124 Å². The summed E-state index contributed by atoms with van der Waals surface area (Å²) in [6.07, 6.45) is 3.88. The highest BCUT2D eigenvalue weighted by Gasteiger charge is 2.29. The lowest BCUT2D eigenvalue weighted by Gasteiger charge is -2.33. The van der Waals surface area contributed by atoms with Crippen LogP contribution in [0.2, 0.25) is 0 Å². The Morgan fingerprint density at radius 3 is 2.60 bits per heavy atom. The number of hydrogen-bond acceptors (Lipinski definition) is 2. The Bertz CT molecular complexity index is 376. The van der Waals surface area contributed by atoms with E-state index in [1.54, 1.807) is 0 Å². The molecule has 3 unspecified atom stereocenters. The van der Waals surface area contributed by atoms with E-state index in [1.165, 1.54) is 37.9 Å². The summed E-state index contributed by atoms with van der Waals surface area (Å²) >= 11 is 0. The number of hydrogen-bond donors (Lipinski definition) is 1. The molecule has 1 N–H and O–H groups in total. The van der Waals surface area contributed by atoms with Gasteiger partial charge in [0, 0.05) is 18.6 Å². The van der Waals surface area contributed by atoms with Crippen LogP contribution in [0.1, 0.15) is 51.6 Å². The van der Waals surface area contributed by atoms with E-state index in [-0.39, 0.29) is 0 Å². The summed E-state index contributed by atoms with van der Waals surface area (Å²) in [4.78, 5) is 2.68. The fourth-order valence-corrected chi connectivity index (χ4v) is 3.30. The van der Waals surface area contributed by atoms with Crippen molar-refractivity contribution in [3.05, 3.63) is 35.9 Å². The van der Waals surface area contributed by atoms with Gasteiger partial charge in [-0.25, -0.2) is 0 Å². The van der Waals surface area contributed by atoms with Crippen LogP contribution < -0.4 is 5.32 Å². The van der Waals surface area contributed by atoms with Gasteiger partial charge in [-0.2, -0.15) is 0 Å². The second kappa shape index (κ2) is 7.80. The van der Waals surface area contributed by atoms with Crippen LogP contribution in [0.25, 0.3) is 0 Å². The minimum absolute atomic E-state index is 0.451. The molecule has 1 saturated heterocycles. The van der Waals surface area contributed by atoms with Crippen LogP contribution >= 0.6 is 0 Å². The predicted molar refractivity (Wildman–Crippen MR) is 86.9 cm³/mol. The summed E-state index contributed by atoms with van der Waals surface area (Å²) in [5.74, 6) is 0.903. The van der Waals surface area contributed by atoms with Crippen LogP contribution in [0.4, 0.5) is 0 Å². The molecule has 1 aromatic rings. The minimum atomic E-state index is 0.451. The summed E-state index contributed by atoms with van der Waals surface area (Å²) in [5, 5.41) is 3.75. The summed E-state index contributed by atoms with van der Waals surface area (Å²) in [6, 6.07) is 12.0. The summed E-state index contributed by atoms with van der Waals surface area (Å²) in [7, 11) is 0. The van der Waals surface area contributed by atoms with Crippen LogP contribution in [0.5, 0.6) is 0 Å². The third-order valence-corrected chi connectivity index (χ3v) is 4.73. The van der Waals surface area contributed by atoms with Crippen molar-refractivity contribution in [1.82, 2.24) is 10.2 Å². The van der Waals surface area contributed by atoms with Crippen LogP contribution in [-0.2, 0) is 0 Å². The maximum absolute atomic E-state index is 3.75. The fraction of sp³-hybridized carbons (Fsp3) is 0.667. The van der Waals surface area contributed by atoms with Gasteiger partial charge in [-0.05, 0) is 44.3 Å². The molecule has 1 aromatic carbocycles. The maximum atomic E-state index is 3.75. The van der Waals surface area contributed by atoms with Crippen molar-refractivity contribution >= 4 is 0 Å². The van der Waals surface area contributed by atoms with Gasteiger partial charge in [-0.15, -0.1) is 0 Å². The lowest BCUT2D eigenvalue weighted by molar-refractivity contribution is 0.199. The molecule has 1 aliphatic rings. The number of benzene rings is 1. The van der Waals surface area contributed by atoms with E-state index in [4.69, 9.17) is 0 Å². The van der Waals surface area contributed by atoms with Gasteiger partial charge in [0.25, 0.3) is 0 Å². The first-order chi connectivity index (χ1) is 9.76. The van der Waals surface area contributed by atoms with Crippen molar-refractivity contribution in [3.8, 4) is 0 Å². The van der Waals surface area contributed by atoms with Gasteiger partial charge in [0.15, 0.2) is 0 Å². The standard InChI is InChI=1S/C18H30N2/c1-4-12-19-18(17-9-7-6-8-10-17)15(3)20-13-11-16(5-2)14-20/h6-10,15-16,18-19H,4-5,11-14H2,1-3H3. The SMILES string of the molecule is CCCNC(c1ccccc1)C(C)N1CCC(CC)C1. The number of rotatable bonds is 7. The van der Waals surface area contributed by atoms with E-state index >= 15 is 0 Å². The van der Waals surface area contributed by atoms with Gasteiger partial charge in [-0.3, -0.25) is 4.90 Å². The molecule has 1 fully saturated rings. The maximum Gasteiger partial charge on any atom is 0.0475 e. The zero-order valence-corrected chi connectivity index (χ0v) is 13.3. The zero-order chi connectivity index (χ0) is 14.4. The fourth-order valence-electron chi connectivity index (χ4n) is 3.30. The smallest absolute Gasteiger partial charge is 0.0475 e. The molecule has 20 heavy (non-hydrogen) atoms. The Hall–Kier alpha value is -0.860. The molecule has 0 bridgehead atoms. The molecule has 0 aromatic heterocycles. The summed E-state index contributed by atoms with van der Waals surface area (Å²) in [6.45, 7) is 10.6. The molecule has 0 saturated carbocycles. The Morgan fingerprint density at radius 1 is 1.25 bits per heavy atom. The van der Waals surface area contributed by atoms with E-state index < -0.39 is 0 Å². The third-order valence-electron chi connectivity index (χ3n) is 4.73. The van der Waals surface area contributed by atoms with Crippen molar-refractivity contribution in [2.75, 3.05) is 19.6 Å². The van der Waals surface area contributed by atoms with Gasteiger partial charge < -0.3 is 5.32 Å². The topological polar surface area (TPSA) is 15.3 Å². The second-order valence-corrected chi connectivity index (χ2v) is 6.14. The highest BCUT2D eigenvalue weighted by atomic mass is 15.2. The van der Waals surface area contributed by atoms with E-state index in [9.17, 15) is 0 Å². The van der Waals surface area contributed by atoms with Crippen LogP contribution in [0.15, 0.2) is 30.3 Å². The molecule has 1 heterocycles. The molecule has 2 nitrogen and oxygen atoms in total. The van der Waals surface area contributed by atoms with Crippen molar-refractivity contribution < 1.29 is 0 Å². The lowest BCUT2D eigenvalue weighted by Crippen LogP contribution is -2.42. The summed E-state index contributed by atoms with van der Waals surface area (Å²) < 4.78 is 0. The Kier molecular flexibility index (Phi) is 6.06. The zero-order valence-electron chi connectivity index (χ0n) is 13.3. The number of nitrogens with one attached hydrogen (secondary N) is 1. The van der Waals surface area contributed by atoms with Crippen LogP contribution in [0.3, 0.4) is 0 Å². The first kappa shape index (κ1) is 15.5. The van der Waals surface area contributed by atoms with Crippen molar-refractivity contribution in [2.24, 2.45) is 5.92 Å². The number of likely N-dealkylation sites (tertiary alicyclic amines) is 1. The summed E-state index contributed by atoms with van der Waals surface area (Å²) in [5.41, 5.74) is 1.42. The average Bonchev–Trinajstić information content (AvgIpc) is 2.97. The quantitative estimate of drug-likeness (QED) is 0.812. The normalized spacial score (nSPS) is 22.9. The minimum Gasteiger partial charge on any atom is -0.309 e. The molecule has 0 spiro atoms. The Balaban J connectivity index is 2.06. The molecule has 112 valence electrons. The van der Waals surface area contributed by atoms with E-state index in [0.717, 1.165) is 12.5 Å². The molecular formula is C18H30N2. The molecular weight excluding hydrogens is 244 g/mol. The average molecular weight is 274 g/mol. The van der Waals surface area contributed by atoms with Gasteiger partial charge in [0.05, 0.1) is 0 Å². The molecule has 2 rings (SSSR count). The lowest BCUT2D eigenvalue weighted by atomic mass is 9.99. The first-order valence-electron chi connectivity index (χ1n) is 8.28. The molecule has 3 atom stereocenters. The molecule has 1 aliphatic heterocycles. The van der Waals surface area contributed by atoms with Gasteiger partial charge in [0.2, 0.25) is 0 Å². The van der Waals surface area contributed by atoms with E-state index in [1.807, 2.05) is 0 Å². The van der Waals surface area contributed by atoms with E-state index in [2.05, 4.69) is 61.3 Å². The van der Waals surface area contributed by atoms with E-state index in [0.29, 0.717) is 12.1 Å². The van der Waals surface area contributed by atoms with Crippen LogP contribution in [0, 0.1) is 5.92 Å². The predicted octanol–water partition coefficient (Wildman–Crippen LogP) is 3.85. The van der Waals surface area contributed by atoms with Crippen molar-refractivity contribution in [1.29, 1.82) is 0 Å². The largest absolute Gasteiger partial charge is 0.309 e. The van der Waals surface area contributed by atoms with Gasteiger partial charge >= 0.3 is 0 Å². The Morgan fingerprint density at radius 2 is 2.00 bits per heavy atom. The number of nitrogens with zero attached hydrogens (tertiary/aromatic N) is 1. The van der Waals surface area contributed by atoms with Gasteiger partial charge in [-0.1, -0.05) is 50.6 Å². The molecule has 2 heteroatoms. The third kappa shape index (κ3) is 3.83. The monoisotopic (exact) mass is 274 g/mol. The van der Waals surface area contributed by atoms with Gasteiger partial charge in [0.1, 0.15) is 0 Å². The molecule has 0 amide bonds. The highest BCUT2D eigenvalue weighted by molar-refractivity contribution is 5.20. The first-order valence-corrected chi connectivity index (χ1v) is 8.28. The second-order valence-electron chi connectivity index (χ2n) is 6.14. The van der Waals surface area contributed by atoms with Crippen molar-refractivity contribution in [3.63, 3.8) is 0 Å². The van der Waals surface area contributed by atoms with Crippen LogP contribution in [-0.4, -0.2) is 30.6 Å². The molecule has 0 aliphatic carbocycles. The van der Waals surface area contributed by atoms with Crippen molar-refractivity contribution in [2.45, 2.75) is 52.1 Å². The molecule has 0 radical (unpaired) electrons.